The van der Waals surface area contributed by atoms with Crippen molar-refractivity contribution in [1.29, 1.82) is 0 Å². The second-order valence-electron chi connectivity index (χ2n) is 5.39. The number of aromatic nitrogens is 2. The summed E-state index contributed by atoms with van der Waals surface area (Å²) < 4.78 is 43.4. The van der Waals surface area contributed by atoms with Crippen molar-refractivity contribution in [3.8, 4) is 0 Å². The minimum absolute atomic E-state index is 0.136. The quantitative estimate of drug-likeness (QED) is 0.833. The summed E-state index contributed by atoms with van der Waals surface area (Å²) in [4.78, 5) is 0.190. The SMILES string of the molecule is CCc1nnc(C2CN(S(=O)(=O)c3cc(C)oc3C)CCO2)o1. The van der Waals surface area contributed by atoms with Crippen molar-refractivity contribution < 1.29 is 22.0 Å². The molecule has 1 fully saturated rings. The molecule has 1 aliphatic heterocycles. The maximum atomic E-state index is 12.8. The van der Waals surface area contributed by atoms with Crippen LogP contribution in [0, 0.1) is 13.8 Å². The molecule has 0 aromatic carbocycles. The van der Waals surface area contributed by atoms with Gasteiger partial charge in [-0.15, -0.1) is 10.2 Å². The Labute approximate surface area is 134 Å². The first-order valence-electron chi connectivity index (χ1n) is 7.43. The lowest BCUT2D eigenvalue weighted by atomic mass is 10.3. The van der Waals surface area contributed by atoms with Gasteiger partial charge in [-0.3, -0.25) is 0 Å². The molecule has 1 atom stereocenters. The van der Waals surface area contributed by atoms with Gasteiger partial charge in [0.05, 0.1) is 6.61 Å². The van der Waals surface area contributed by atoms with Gasteiger partial charge in [0.2, 0.25) is 21.8 Å². The minimum atomic E-state index is -3.64. The van der Waals surface area contributed by atoms with Crippen LogP contribution in [0.4, 0.5) is 0 Å². The van der Waals surface area contributed by atoms with E-state index in [1.54, 1.807) is 13.8 Å². The van der Waals surface area contributed by atoms with E-state index < -0.39 is 16.1 Å². The monoisotopic (exact) mass is 341 g/mol. The molecule has 126 valence electrons. The van der Waals surface area contributed by atoms with Gasteiger partial charge in [0.1, 0.15) is 22.5 Å². The molecule has 3 heterocycles. The van der Waals surface area contributed by atoms with E-state index in [4.69, 9.17) is 13.6 Å². The number of sulfonamides is 1. The number of ether oxygens (including phenoxy) is 1. The third kappa shape index (κ3) is 3.04. The van der Waals surface area contributed by atoms with Gasteiger partial charge in [-0.1, -0.05) is 6.92 Å². The van der Waals surface area contributed by atoms with E-state index in [-0.39, 0.29) is 24.6 Å². The van der Waals surface area contributed by atoms with Crippen molar-refractivity contribution in [2.24, 2.45) is 0 Å². The van der Waals surface area contributed by atoms with Crippen LogP contribution in [-0.4, -0.2) is 42.6 Å². The summed E-state index contributed by atoms with van der Waals surface area (Å²) in [6.07, 6.45) is 0.0644. The van der Waals surface area contributed by atoms with Gasteiger partial charge in [-0.25, -0.2) is 8.42 Å². The molecule has 1 saturated heterocycles. The van der Waals surface area contributed by atoms with Crippen molar-refractivity contribution in [2.45, 2.75) is 38.2 Å². The van der Waals surface area contributed by atoms with Crippen molar-refractivity contribution in [2.75, 3.05) is 19.7 Å². The molecule has 0 amide bonds. The lowest BCUT2D eigenvalue weighted by Crippen LogP contribution is -2.42. The fourth-order valence-corrected chi connectivity index (χ4v) is 4.18. The Bertz CT molecular complexity index is 795. The first kappa shape index (κ1) is 16.2. The maximum absolute atomic E-state index is 12.8. The first-order chi connectivity index (χ1) is 10.9. The zero-order valence-corrected chi connectivity index (χ0v) is 14.1. The van der Waals surface area contributed by atoms with Crippen LogP contribution in [0.25, 0.3) is 0 Å². The molecule has 1 aliphatic rings. The highest BCUT2D eigenvalue weighted by atomic mass is 32.2. The van der Waals surface area contributed by atoms with Crippen LogP contribution in [0.3, 0.4) is 0 Å². The van der Waals surface area contributed by atoms with Crippen molar-refractivity contribution in [3.63, 3.8) is 0 Å². The third-order valence-corrected chi connectivity index (χ3v) is 5.68. The Morgan fingerprint density at radius 1 is 1.30 bits per heavy atom. The standard InChI is InChI=1S/C14H19N3O5S/c1-4-13-15-16-14(22-13)11-8-17(5-6-20-11)23(18,19)12-7-9(2)21-10(12)3/h7,11H,4-6,8H2,1-3H3. The maximum Gasteiger partial charge on any atom is 0.246 e. The molecule has 3 rings (SSSR count). The van der Waals surface area contributed by atoms with Gasteiger partial charge >= 0.3 is 0 Å². The zero-order valence-electron chi connectivity index (χ0n) is 13.3. The summed E-state index contributed by atoms with van der Waals surface area (Å²) in [5, 5.41) is 7.83. The number of rotatable bonds is 4. The second kappa shape index (κ2) is 6.06. The van der Waals surface area contributed by atoms with Crippen molar-refractivity contribution in [1.82, 2.24) is 14.5 Å². The average Bonchev–Trinajstić information content (AvgIpc) is 3.14. The van der Waals surface area contributed by atoms with E-state index in [1.807, 2.05) is 6.92 Å². The Balaban J connectivity index is 1.84. The van der Waals surface area contributed by atoms with Gasteiger partial charge in [-0.05, 0) is 19.9 Å². The summed E-state index contributed by atoms with van der Waals surface area (Å²) in [6, 6.07) is 1.54. The Kier molecular flexibility index (Phi) is 4.26. The predicted molar refractivity (Wildman–Crippen MR) is 79.3 cm³/mol. The normalized spacial score (nSPS) is 20.0. The van der Waals surface area contributed by atoms with Crippen molar-refractivity contribution >= 4 is 10.0 Å². The first-order valence-corrected chi connectivity index (χ1v) is 8.87. The highest BCUT2D eigenvalue weighted by Crippen LogP contribution is 2.28. The molecule has 1 unspecified atom stereocenters. The van der Waals surface area contributed by atoms with Crippen LogP contribution in [0.1, 0.15) is 36.3 Å². The molecule has 0 spiro atoms. The summed E-state index contributed by atoms with van der Waals surface area (Å²) in [5.41, 5.74) is 0. The van der Waals surface area contributed by atoms with Gasteiger partial charge < -0.3 is 13.6 Å². The molecule has 2 aromatic heterocycles. The van der Waals surface area contributed by atoms with E-state index in [1.165, 1.54) is 10.4 Å². The third-order valence-electron chi connectivity index (χ3n) is 3.70. The predicted octanol–water partition coefficient (Wildman–Crippen LogP) is 1.60. The Morgan fingerprint density at radius 3 is 2.70 bits per heavy atom. The molecular weight excluding hydrogens is 322 g/mol. The number of aryl methyl sites for hydroxylation is 3. The lowest BCUT2D eigenvalue weighted by Gasteiger charge is -2.30. The molecule has 0 saturated carbocycles. The Hall–Kier alpha value is -1.71. The van der Waals surface area contributed by atoms with E-state index >= 15 is 0 Å². The van der Waals surface area contributed by atoms with Crippen LogP contribution < -0.4 is 0 Å². The molecule has 0 N–H and O–H groups in total. The fraction of sp³-hybridized carbons (Fsp3) is 0.571. The van der Waals surface area contributed by atoms with E-state index in [0.717, 1.165) is 0 Å². The number of morpholine rings is 1. The summed E-state index contributed by atoms with van der Waals surface area (Å²) >= 11 is 0. The summed E-state index contributed by atoms with van der Waals surface area (Å²) in [6.45, 7) is 5.94. The minimum Gasteiger partial charge on any atom is -0.465 e. The molecule has 0 bridgehead atoms. The molecule has 2 aromatic rings. The number of hydrogen-bond acceptors (Lipinski definition) is 7. The van der Waals surface area contributed by atoms with Gasteiger partial charge in [0.15, 0.2) is 0 Å². The van der Waals surface area contributed by atoms with E-state index in [0.29, 0.717) is 29.7 Å². The van der Waals surface area contributed by atoms with Crippen LogP contribution in [0.15, 0.2) is 19.8 Å². The van der Waals surface area contributed by atoms with Gasteiger partial charge in [-0.2, -0.15) is 4.31 Å². The fourth-order valence-electron chi connectivity index (χ4n) is 2.54. The van der Waals surface area contributed by atoms with Crippen LogP contribution in [0.2, 0.25) is 0 Å². The highest BCUT2D eigenvalue weighted by molar-refractivity contribution is 7.89. The topological polar surface area (TPSA) is 98.7 Å². The number of hydrogen-bond donors (Lipinski definition) is 0. The van der Waals surface area contributed by atoms with E-state index in [9.17, 15) is 8.42 Å². The largest absolute Gasteiger partial charge is 0.465 e. The summed E-state index contributed by atoms with van der Waals surface area (Å²) in [7, 11) is -3.64. The van der Waals surface area contributed by atoms with Crippen LogP contribution in [0.5, 0.6) is 0 Å². The molecule has 0 radical (unpaired) electrons. The number of nitrogens with zero attached hydrogens (tertiary/aromatic N) is 3. The summed E-state index contributed by atoms with van der Waals surface area (Å²) in [5.74, 6) is 1.76. The van der Waals surface area contributed by atoms with Gasteiger partial charge in [0, 0.05) is 19.5 Å². The van der Waals surface area contributed by atoms with Crippen molar-refractivity contribution in [3.05, 3.63) is 29.4 Å². The smallest absolute Gasteiger partial charge is 0.246 e. The number of furan rings is 1. The second-order valence-corrected chi connectivity index (χ2v) is 7.29. The van der Waals surface area contributed by atoms with Crippen LogP contribution in [-0.2, 0) is 21.2 Å². The molecule has 8 nitrogen and oxygen atoms in total. The van der Waals surface area contributed by atoms with Gasteiger partial charge in [0.25, 0.3) is 0 Å². The highest BCUT2D eigenvalue weighted by Gasteiger charge is 2.35. The zero-order chi connectivity index (χ0) is 16.6. The molecule has 23 heavy (non-hydrogen) atoms. The molecule has 9 heteroatoms. The Morgan fingerprint density at radius 2 is 2.09 bits per heavy atom. The van der Waals surface area contributed by atoms with E-state index in [2.05, 4.69) is 10.2 Å². The molecule has 0 aliphatic carbocycles. The lowest BCUT2D eigenvalue weighted by molar-refractivity contribution is -0.0178. The molecular formula is C14H19N3O5S. The average molecular weight is 341 g/mol. The van der Waals surface area contributed by atoms with Crippen LogP contribution >= 0.6 is 0 Å².